The number of nitrogens with zero attached hydrogens (tertiary/aromatic N) is 1. The van der Waals surface area contributed by atoms with E-state index in [0.717, 1.165) is 25.3 Å². The Bertz CT molecular complexity index is 528. The first-order valence-electron chi connectivity index (χ1n) is 6.50. The van der Waals surface area contributed by atoms with Crippen LogP contribution in [0.1, 0.15) is 29.6 Å². The van der Waals surface area contributed by atoms with Crippen molar-refractivity contribution in [2.45, 2.75) is 24.8 Å². The van der Waals surface area contributed by atoms with Gasteiger partial charge in [0.15, 0.2) is 11.6 Å². The van der Waals surface area contributed by atoms with Crippen molar-refractivity contribution in [1.82, 2.24) is 4.90 Å². The second kappa shape index (κ2) is 5.36. The van der Waals surface area contributed by atoms with Crippen LogP contribution in [0.3, 0.4) is 0 Å². The lowest BCUT2D eigenvalue weighted by atomic mass is 9.75. The number of aromatic carboxylic acids is 1. The van der Waals surface area contributed by atoms with Crippen LogP contribution in [0.25, 0.3) is 0 Å². The highest BCUT2D eigenvalue weighted by atomic mass is 19.2. The smallest absolute Gasteiger partial charge is 0.338 e. The second-order valence-corrected chi connectivity index (χ2v) is 5.42. The molecule has 0 radical (unpaired) electrons. The molecular weight excluding hydrogens is 266 g/mol. The number of anilines is 1. The molecule has 0 unspecified atom stereocenters. The van der Waals surface area contributed by atoms with E-state index >= 15 is 0 Å². The first-order chi connectivity index (χ1) is 9.37. The van der Waals surface area contributed by atoms with Crippen LogP contribution in [-0.4, -0.2) is 42.2 Å². The summed E-state index contributed by atoms with van der Waals surface area (Å²) in [4.78, 5) is 12.8. The third-order valence-electron chi connectivity index (χ3n) is 4.15. The van der Waals surface area contributed by atoms with Crippen LogP contribution in [0.5, 0.6) is 0 Å². The molecule has 20 heavy (non-hydrogen) atoms. The van der Waals surface area contributed by atoms with Crippen LogP contribution in [0.15, 0.2) is 12.1 Å². The van der Waals surface area contributed by atoms with Gasteiger partial charge in [0.05, 0.1) is 11.3 Å². The number of hydrogen-bond acceptors (Lipinski definition) is 3. The molecule has 0 aliphatic heterocycles. The normalized spacial score (nSPS) is 16.9. The summed E-state index contributed by atoms with van der Waals surface area (Å²) in [5, 5.41) is 11.6. The van der Waals surface area contributed by atoms with Gasteiger partial charge in [-0.05, 0) is 45.5 Å². The van der Waals surface area contributed by atoms with Crippen molar-refractivity contribution in [3.05, 3.63) is 29.3 Å². The first kappa shape index (κ1) is 14.7. The predicted molar refractivity (Wildman–Crippen MR) is 72.1 cm³/mol. The van der Waals surface area contributed by atoms with E-state index in [1.165, 1.54) is 6.07 Å². The third kappa shape index (κ3) is 2.47. The van der Waals surface area contributed by atoms with Crippen molar-refractivity contribution in [1.29, 1.82) is 0 Å². The van der Waals surface area contributed by atoms with Gasteiger partial charge in [0, 0.05) is 12.1 Å². The van der Waals surface area contributed by atoms with Gasteiger partial charge < -0.3 is 15.3 Å². The minimum absolute atomic E-state index is 0.000579. The first-order valence-corrected chi connectivity index (χ1v) is 6.50. The van der Waals surface area contributed by atoms with E-state index < -0.39 is 23.2 Å². The molecule has 6 heteroatoms. The molecule has 0 heterocycles. The van der Waals surface area contributed by atoms with Gasteiger partial charge in [-0.15, -0.1) is 0 Å². The highest BCUT2D eigenvalue weighted by molar-refractivity contribution is 5.88. The molecule has 1 fully saturated rings. The van der Waals surface area contributed by atoms with Crippen LogP contribution in [-0.2, 0) is 0 Å². The molecule has 1 aliphatic carbocycles. The molecule has 0 bridgehead atoms. The standard InChI is InChI=1S/C14H18F2N2O2/c1-18(2)14(6-3-7-14)8-17-10-5-4-9(13(19)20)11(15)12(10)16/h4-5,17H,3,6-8H2,1-2H3,(H,19,20). The van der Waals surface area contributed by atoms with Crippen molar-refractivity contribution in [3.63, 3.8) is 0 Å². The molecule has 0 saturated heterocycles. The average Bonchev–Trinajstić information content (AvgIpc) is 2.32. The molecule has 2 rings (SSSR count). The molecule has 0 spiro atoms. The average molecular weight is 284 g/mol. The van der Waals surface area contributed by atoms with Crippen molar-refractivity contribution < 1.29 is 18.7 Å². The topological polar surface area (TPSA) is 52.6 Å². The van der Waals surface area contributed by atoms with Crippen LogP contribution in [0.2, 0.25) is 0 Å². The number of hydrogen-bond donors (Lipinski definition) is 2. The maximum atomic E-state index is 13.8. The van der Waals surface area contributed by atoms with Gasteiger partial charge in [-0.3, -0.25) is 0 Å². The van der Waals surface area contributed by atoms with Crippen molar-refractivity contribution in [2.24, 2.45) is 0 Å². The Labute approximate surface area is 116 Å². The lowest BCUT2D eigenvalue weighted by Crippen LogP contribution is -2.54. The number of carboxylic acids is 1. The lowest BCUT2D eigenvalue weighted by Gasteiger charge is -2.47. The van der Waals surface area contributed by atoms with Gasteiger partial charge >= 0.3 is 5.97 Å². The molecule has 0 amide bonds. The fraction of sp³-hybridized carbons (Fsp3) is 0.500. The van der Waals surface area contributed by atoms with E-state index in [1.807, 2.05) is 14.1 Å². The number of carboxylic acid groups (broad SMARTS) is 1. The Balaban J connectivity index is 2.15. The summed E-state index contributed by atoms with van der Waals surface area (Å²) in [7, 11) is 3.93. The largest absolute Gasteiger partial charge is 0.478 e. The van der Waals surface area contributed by atoms with E-state index in [9.17, 15) is 13.6 Å². The van der Waals surface area contributed by atoms with Crippen LogP contribution < -0.4 is 5.32 Å². The minimum atomic E-state index is -1.48. The van der Waals surface area contributed by atoms with E-state index in [4.69, 9.17) is 5.11 Å². The summed E-state index contributed by atoms with van der Waals surface area (Å²) in [6, 6.07) is 2.34. The zero-order valence-electron chi connectivity index (χ0n) is 11.5. The molecule has 1 aromatic carbocycles. The molecule has 0 atom stereocenters. The Kier molecular flexibility index (Phi) is 3.94. The van der Waals surface area contributed by atoms with Crippen LogP contribution in [0, 0.1) is 11.6 Å². The van der Waals surface area contributed by atoms with Gasteiger partial charge in [-0.25, -0.2) is 13.6 Å². The van der Waals surface area contributed by atoms with Crippen LogP contribution in [0.4, 0.5) is 14.5 Å². The van der Waals surface area contributed by atoms with E-state index in [1.54, 1.807) is 0 Å². The summed E-state index contributed by atoms with van der Waals surface area (Å²) in [5.74, 6) is -3.94. The molecule has 1 aliphatic rings. The summed E-state index contributed by atoms with van der Waals surface area (Å²) >= 11 is 0. The van der Waals surface area contributed by atoms with Crippen molar-refractivity contribution in [2.75, 3.05) is 26.0 Å². The maximum absolute atomic E-state index is 13.8. The second-order valence-electron chi connectivity index (χ2n) is 5.42. The highest BCUT2D eigenvalue weighted by Crippen LogP contribution is 2.36. The van der Waals surface area contributed by atoms with Gasteiger partial charge in [-0.1, -0.05) is 0 Å². The van der Waals surface area contributed by atoms with Crippen molar-refractivity contribution in [3.8, 4) is 0 Å². The summed E-state index contributed by atoms with van der Waals surface area (Å²) in [5.41, 5.74) is -0.686. The zero-order valence-corrected chi connectivity index (χ0v) is 11.5. The number of halogens is 2. The SMILES string of the molecule is CN(C)C1(CNc2ccc(C(=O)O)c(F)c2F)CCC1. The van der Waals surface area contributed by atoms with Gasteiger partial charge in [-0.2, -0.15) is 0 Å². The van der Waals surface area contributed by atoms with Gasteiger partial charge in [0.25, 0.3) is 0 Å². The third-order valence-corrected chi connectivity index (χ3v) is 4.15. The number of nitrogens with one attached hydrogen (secondary N) is 1. The van der Waals surface area contributed by atoms with E-state index in [-0.39, 0.29) is 11.2 Å². The lowest BCUT2D eigenvalue weighted by molar-refractivity contribution is 0.0690. The molecule has 0 aromatic heterocycles. The summed E-state index contributed by atoms with van der Waals surface area (Å²) < 4.78 is 27.4. The zero-order chi connectivity index (χ0) is 14.9. The minimum Gasteiger partial charge on any atom is -0.478 e. The summed E-state index contributed by atoms with van der Waals surface area (Å²) in [6.45, 7) is 0.503. The van der Waals surface area contributed by atoms with Gasteiger partial charge in [0.2, 0.25) is 0 Å². The van der Waals surface area contributed by atoms with Crippen molar-refractivity contribution >= 4 is 11.7 Å². The summed E-state index contributed by atoms with van der Waals surface area (Å²) in [6.07, 6.45) is 3.13. The van der Waals surface area contributed by atoms with Crippen LogP contribution >= 0.6 is 0 Å². The molecule has 110 valence electrons. The Morgan fingerprint density at radius 3 is 2.45 bits per heavy atom. The number of carbonyl (C=O) groups is 1. The van der Waals surface area contributed by atoms with E-state index in [2.05, 4.69) is 10.2 Å². The monoisotopic (exact) mass is 284 g/mol. The fourth-order valence-corrected chi connectivity index (χ4v) is 2.48. The molecular formula is C14H18F2N2O2. The molecule has 1 aromatic rings. The van der Waals surface area contributed by atoms with E-state index in [0.29, 0.717) is 6.54 Å². The Hall–Kier alpha value is -1.69. The number of likely N-dealkylation sites (N-methyl/N-ethyl adjacent to an activating group) is 1. The quantitative estimate of drug-likeness (QED) is 0.872. The Morgan fingerprint density at radius 2 is 2.00 bits per heavy atom. The molecule has 2 N–H and O–H groups in total. The number of benzene rings is 1. The molecule has 1 saturated carbocycles. The highest BCUT2D eigenvalue weighted by Gasteiger charge is 2.38. The maximum Gasteiger partial charge on any atom is 0.338 e. The number of rotatable bonds is 5. The molecule has 4 nitrogen and oxygen atoms in total. The fourth-order valence-electron chi connectivity index (χ4n) is 2.48. The predicted octanol–water partition coefficient (Wildman–Crippen LogP) is 2.56. The van der Waals surface area contributed by atoms with Gasteiger partial charge in [0.1, 0.15) is 0 Å². The Morgan fingerprint density at radius 1 is 1.35 bits per heavy atom.